The number of hydrogen-bond acceptors (Lipinski definition) is 5. The topological polar surface area (TPSA) is 54.7 Å². The van der Waals surface area contributed by atoms with Crippen LogP contribution in [0.4, 0.5) is 0 Å². The number of nitrogens with zero attached hydrogens (tertiary/aromatic N) is 2. The van der Waals surface area contributed by atoms with Crippen LogP contribution in [-0.2, 0) is 6.54 Å². The third-order valence-electron chi connectivity index (χ3n) is 3.77. The van der Waals surface area contributed by atoms with Crippen LogP contribution in [0.3, 0.4) is 0 Å². The molecule has 24 heavy (non-hydrogen) atoms. The molecule has 0 spiro atoms. The molecule has 0 fully saturated rings. The maximum atomic E-state index is 8.99. The van der Waals surface area contributed by atoms with Gasteiger partial charge in [0, 0.05) is 19.2 Å². The van der Waals surface area contributed by atoms with Crippen molar-refractivity contribution >= 4 is 0 Å². The van der Waals surface area contributed by atoms with E-state index >= 15 is 0 Å². The summed E-state index contributed by atoms with van der Waals surface area (Å²) in [5, 5.41) is 8.99. The second-order valence-electron chi connectivity index (χ2n) is 5.57. The fourth-order valence-corrected chi connectivity index (χ4v) is 2.60. The molecule has 5 nitrogen and oxygen atoms in total. The van der Waals surface area contributed by atoms with Crippen molar-refractivity contribution in [2.45, 2.75) is 13.0 Å². The fourth-order valence-electron chi connectivity index (χ4n) is 2.60. The largest absolute Gasteiger partial charge is 0.493 e. The Bertz CT molecular complexity index is 698. The monoisotopic (exact) mass is 324 g/mol. The van der Waals surface area contributed by atoms with Crippen LogP contribution in [0.15, 0.2) is 48.5 Å². The van der Waals surface area contributed by atoms with Crippen molar-refractivity contribution in [2.24, 2.45) is 0 Å². The predicted molar refractivity (Wildman–Crippen MR) is 90.0 cm³/mol. The van der Waals surface area contributed by atoms with Gasteiger partial charge in [0.25, 0.3) is 0 Å². The number of fused-ring (bicyclic) bond motifs is 1. The van der Waals surface area contributed by atoms with Crippen LogP contribution in [0.5, 0.6) is 17.2 Å². The quantitative estimate of drug-likeness (QED) is 0.551. The van der Waals surface area contributed by atoms with Gasteiger partial charge in [-0.2, -0.15) is 5.26 Å². The molecule has 0 N–H and O–H groups in total. The van der Waals surface area contributed by atoms with Crippen molar-refractivity contribution in [1.82, 2.24) is 4.90 Å². The molecule has 1 aliphatic rings. The van der Waals surface area contributed by atoms with Crippen molar-refractivity contribution in [3.05, 3.63) is 54.1 Å². The normalized spacial score (nSPS) is 12.2. The van der Waals surface area contributed by atoms with Gasteiger partial charge in [0.1, 0.15) is 5.75 Å². The van der Waals surface area contributed by atoms with Crippen LogP contribution in [-0.4, -0.2) is 31.4 Å². The number of hydrogen-bond donors (Lipinski definition) is 0. The SMILES string of the molecule is N#CCN(CCCOc1ccc2c(c1)OCO2)Cc1ccccc1. The zero-order valence-corrected chi connectivity index (χ0v) is 13.5. The molecule has 0 radical (unpaired) electrons. The number of benzene rings is 2. The van der Waals surface area contributed by atoms with Gasteiger partial charge in [-0.3, -0.25) is 4.90 Å². The first-order chi connectivity index (χ1) is 11.8. The van der Waals surface area contributed by atoms with Crippen LogP contribution < -0.4 is 14.2 Å². The number of nitriles is 1. The van der Waals surface area contributed by atoms with Crippen LogP contribution in [0.1, 0.15) is 12.0 Å². The Kier molecular flexibility index (Phi) is 5.54. The summed E-state index contributed by atoms with van der Waals surface area (Å²) in [6.07, 6.45) is 0.850. The molecule has 0 amide bonds. The second-order valence-corrected chi connectivity index (χ2v) is 5.57. The Morgan fingerprint density at radius 3 is 2.75 bits per heavy atom. The Morgan fingerprint density at radius 2 is 1.92 bits per heavy atom. The van der Waals surface area contributed by atoms with E-state index < -0.39 is 0 Å². The third kappa shape index (κ3) is 4.40. The van der Waals surface area contributed by atoms with Crippen LogP contribution in [0, 0.1) is 11.3 Å². The highest BCUT2D eigenvalue weighted by Gasteiger charge is 2.13. The van der Waals surface area contributed by atoms with E-state index in [-0.39, 0.29) is 6.79 Å². The first kappa shape index (κ1) is 16.2. The van der Waals surface area contributed by atoms with Crippen molar-refractivity contribution in [2.75, 3.05) is 26.5 Å². The number of rotatable bonds is 8. The van der Waals surface area contributed by atoms with Crippen LogP contribution >= 0.6 is 0 Å². The molecule has 1 aliphatic heterocycles. The highest BCUT2D eigenvalue weighted by molar-refractivity contribution is 5.46. The molecule has 0 aliphatic carbocycles. The minimum atomic E-state index is 0.265. The van der Waals surface area contributed by atoms with Crippen LogP contribution in [0.25, 0.3) is 0 Å². The highest BCUT2D eigenvalue weighted by atomic mass is 16.7. The molecule has 2 aromatic carbocycles. The minimum Gasteiger partial charge on any atom is -0.493 e. The van der Waals surface area contributed by atoms with Gasteiger partial charge in [0.05, 0.1) is 19.2 Å². The zero-order chi connectivity index (χ0) is 16.6. The summed E-state index contributed by atoms with van der Waals surface area (Å²) in [5.74, 6) is 2.25. The van der Waals surface area contributed by atoms with Crippen molar-refractivity contribution in [3.8, 4) is 23.3 Å². The summed E-state index contributed by atoms with van der Waals surface area (Å²) in [4.78, 5) is 2.12. The average molecular weight is 324 g/mol. The smallest absolute Gasteiger partial charge is 0.231 e. The lowest BCUT2D eigenvalue weighted by atomic mass is 10.2. The molecule has 0 unspecified atom stereocenters. The average Bonchev–Trinajstić information content (AvgIpc) is 3.07. The fraction of sp³-hybridized carbons (Fsp3) is 0.316. The maximum Gasteiger partial charge on any atom is 0.231 e. The van der Waals surface area contributed by atoms with Gasteiger partial charge in [-0.25, -0.2) is 0 Å². The highest BCUT2D eigenvalue weighted by Crippen LogP contribution is 2.35. The molecule has 1 heterocycles. The molecular formula is C19H20N2O3. The Hall–Kier alpha value is -2.71. The third-order valence-corrected chi connectivity index (χ3v) is 3.77. The van der Waals surface area contributed by atoms with Crippen molar-refractivity contribution in [3.63, 3.8) is 0 Å². The summed E-state index contributed by atoms with van der Waals surface area (Å²) >= 11 is 0. The molecule has 0 saturated heterocycles. The minimum absolute atomic E-state index is 0.265. The first-order valence-electron chi connectivity index (χ1n) is 8.01. The molecule has 0 saturated carbocycles. The molecule has 3 rings (SSSR count). The van der Waals surface area contributed by atoms with Crippen molar-refractivity contribution < 1.29 is 14.2 Å². The maximum absolute atomic E-state index is 8.99. The van der Waals surface area contributed by atoms with Crippen molar-refractivity contribution in [1.29, 1.82) is 5.26 Å². The predicted octanol–water partition coefficient (Wildman–Crippen LogP) is 3.21. The lowest BCUT2D eigenvalue weighted by Gasteiger charge is -2.19. The number of ether oxygens (including phenoxy) is 3. The van der Waals surface area contributed by atoms with E-state index in [1.54, 1.807) is 0 Å². The van der Waals surface area contributed by atoms with Gasteiger partial charge in [0.15, 0.2) is 11.5 Å². The standard InChI is InChI=1S/C19H20N2O3/c20-9-11-21(14-16-5-2-1-3-6-16)10-4-12-22-17-7-8-18-19(13-17)24-15-23-18/h1-3,5-8,13H,4,10-12,14-15H2. The van der Waals surface area contributed by atoms with Gasteiger partial charge in [-0.1, -0.05) is 30.3 Å². The zero-order valence-electron chi connectivity index (χ0n) is 13.5. The summed E-state index contributed by atoms with van der Waals surface area (Å²) in [5.41, 5.74) is 1.21. The molecule has 124 valence electrons. The van der Waals surface area contributed by atoms with E-state index in [4.69, 9.17) is 19.5 Å². The molecule has 2 aromatic rings. The van der Waals surface area contributed by atoms with E-state index in [1.165, 1.54) is 5.56 Å². The molecule has 5 heteroatoms. The van der Waals surface area contributed by atoms with Gasteiger partial charge < -0.3 is 14.2 Å². The molecule has 0 bridgehead atoms. The summed E-state index contributed by atoms with van der Waals surface area (Å²) in [6, 6.07) is 18.0. The van der Waals surface area contributed by atoms with Crippen LogP contribution in [0.2, 0.25) is 0 Å². The Morgan fingerprint density at radius 1 is 1.08 bits per heavy atom. The van der Waals surface area contributed by atoms with E-state index in [2.05, 4.69) is 23.1 Å². The summed E-state index contributed by atoms with van der Waals surface area (Å²) in [6.45, 7) is 2.86. The molecule has 0 atom stereocenters. The Balaban J connectivity index is 1.44. The second kappa shape index (κ2) is 8.23. The molecule has 0 aromatic heterocycles. The van der Waals surface area contributed by atoms with Gasteiger partial charge in [-0.15, -0.1) is 0 Å². The molecular weight excluding hydrogens is 304 g/mol. The van der Waals surface area contributed by atoms with E-state index in [0.717, 1.165) is 36.8 Å². The van der Waals surface area contributed by atoms with Gasteiger partial charge in [0.2, 0.25) is 6.79 Å². The lowest BCUT2D eigenvalue weighted by molar-refractivity contribution is 0.173. The first-order valence-corrected chi connectivity index (χ1v) is 8.01. The summed E-state index contributed by atoms with van der Waals surface area (Å²) in [7, 11) is 0. The van der Waals surface area contributed by atoms with Gasteiger partial charge in [-0.05, 0) is 24.1 Å². The lowest BCUT2D eigenvalue weighted by Crippen LogP contribution is -2.26. The Labute approximate surface area is 142 Å². The van der Waals surface area contributed by atoms with Gasteiger partial charge >= 0.3 is 0 Å². The van der Waals surface area contributed by atoms with E-state index in [9.17, 15) is 0 Å². The van der Waals surface area contributed by atoms with E-state index in [1.807, 2.05) is 36.4 Å². The van der Waals surface area contributed by atoms with E-state index in [0.29, 0.717) is 13.2 Å². The summed E-state index contributed by atoms with van der Waals surface area (Å²) < 4.78 is 16.4.